The number of aliphatic imine (C=N–C) groups is 1. The number of methoxy groups -OCH3 is 3. The van der Waals surface area contributed by atoms with Gasteiger partial charge in [0.2, 0.25) is 0 Å². The third-order valence-corrected chi connectivity index (χ3v) is 4.01. The topological polar surface area (TPSA) is 64.1 Å². The summed E-state index contributed by atoms with van der Waals surface area (Å²) >= 11 is 0. The molecule has 6 heteroatoms. The summed E-state index contributed by atoms with van der Waals surface area (Å²) in [4.78, 5) is 4.68. The smallest absolute Gasteiger partial charge is 0.191 e. The summed E-state index contributed by atoms with van der Waals surface area (Å²) in [6.07, 6.45) is 0. The van der Waals surface area contributed by atoms with Crippen LogP contribution in [0.25, 0.3) is 0 Å². The third kappa shape index (κ3) is 6.49. The molecule has 2 N–H and O–H groups in total. The van der Waals surface area contributed by atoms with Crippen molar-refractivity contribution in [1.29, 1.82) is 0 Å². The summed E-state index contributed by atoms with van der Waals surface area (Å²) in [5.41, 5.74) is 3.32. The van der Waals surface area contributed by atoms with Crippen LogP contribution in [0.5, 0.6) is 11.5 Å². The Bertz CT molecular complexity index is 747. The highest BCUT2D eigenvalue weighted by Crippen LogP contribution is 2.24. The molecule has 27 heavy (non-hydrogen) atoms. The molecule has 0 spiro atoms. The Labute approximate surface area is 161 Å². The summed E-state index contributed by atoms with van der Waals surface area (Å²) < 4.78 is 15.9. The standard InChI is InChI=1S/C21H29N3O3/c1-5-22-21(23-13-16-7-6-8-17(11-16)15-25-2)24-14-18-9-10-19(26-3)12-20(18)27-4/h6-12H,5,13-15H2,1-4H3,(H2,22,23,24). The minimum Gasteiger partial charge on any atom is -0.497 e. The van der Waals surface area contributed by atoms with Crippen molar-refractivity contribution in [1.82, 2.24) is 10.6 Å². The number of hydrogen-bond acceptors (Lipinski definition) is 4. The van der Waals surface area contributed by atoms with Gasteiger partial charge in [-0.05, 0) is 30.2 Å². The first-order valence-corrected chi connectivity index (χ1v) is 9.00. The second-order valence-corrected chi connectivity index (χ2v) is 5.98. The first-order valence-electron chi connectivity index (χ1n) is 9.00. The Morgan fingerprint density at radius 1 is 0.963 bits per heavy atom. The van der Waals surface area contributed by atoms with Crippen molar-refractivity contribution in [3.8, 4) is 11.5 Å². The minimum absolute atomic E-state index is 0.590. The highest BCUT2D eigenvalue weighted by Gasteiger charge is 2.06. The van der Waals surface area contributed by atoms with Crippen molar-refractivity contribution in [3.05, 3.63) is 59.2 Å². The van der Waals surface area contributed by atoms with Crippen molar-refractivity contribution in [2.24, 2.45) is 4.99 Å². The molecule has 0 unspecified atom stereocenters. The van der Waals surface area contributed by atoms with E-state index in [1.165, 1.54) is 0 Å². The van der Waals surface area contributed by atoms with E-state index in [1.807, 2.05) is 31.2 Å². The van der Waals surface area contributed by atoms with Gasteiger partial charge in [-0.15, -0.1) is 0 Å². The molecule has 0 saturated heterocycles. The fourth-order valence-electron chi connectivity index (χ4n) is 2.67. The van der Waals surface area contributed by atoms with Gasteiger partial charge in [-0.3, -0.25) is 0 Å². The number of hydrogen-bond donors (Lipinski definition) is 2. The molecule has 0 aliphatic carbocycles. The lowest BCUT2D eigenvalue weighted by atomic mass is 10.1. The van der Waals surface area contributed by atoms with E-state index in [4.69, 9.17) is 14.2 Å². The summed E-state index contributed by atoms with van der Waals surface area (Å²) in [7, 11) is 5.00. The number of nitrogens with zero attached hydrogens (tertiary/aromatic N) is 1. The van der Waals surface area contributed by atoms with Crippen LogP contribution in [0.15, 0.2) is 47.5 Å². The Morgan fingerprint density at radius 3 is 2.48 bits per heavy atom. The Balaban J connectivity index is 2.04. The van der Waals surface area contributed by atoms with Crippen LogP contribution in [0.4, 0.5) is 0 Å². The normalized spacial score (nSPS) is 11.2. The van der Waals surface area contributed by atoms with E-state index in [2.05, 4.69) is 33.8 Å². The van der Waals surface area contributed by atoms with Gasteiger partial charge >= 0.3 is 0 Å². The molecule has 2 aromatic carbocycles. The van der Waals surface area contributed by atoms with Crippen molar-refractivity contribution < 1.29 is 14.2 Å². The molecule has 0 aliphatic heterocycles. The Hall–Kier alpha value is -2.73. The molecule has 0 aliphatic rings. The summed E-state index contributed by atoms with van der Waals surface area (Å²) in [6, 6.07) is 14.1. The van der Waals surface area contributed by atoms with E-state index >= 15 is 0 Å². The molecule has 146 valence electrons. The van der Waals surface area contributed by atoms with Crippen LogP contribution in [0.3, 0.4) is 0 Å². The molecule has 0 radical (unpaired) electrons. The number of rotatable bonds is 9. The van der Waals surface area contributed by atoms with Gasteiger partial charge in [0.25, 0.3) is 0 Å². The minimum atomic E-state index is 0.590. The first kappa shape index (κ1) is 20.6. The van der Waals surface area contributed by atoms with Gasteiger partial charge in [-0.2, -0.15) is 0 Å². The zero-order valence-corrected chi connectivity index (χ0v) is 16.5. The summed E-state index contributed by atoms with van der Waals surface area (Å²) in [5, 5.41) is 6.62. The molecule has 0 amide bonds. The Kier molecular flexibility index (Phi) is 8.45. The van der Waals surface area contributed by atoms with Crippen molar-refractivity contribution in [2.45, 2.75) is 26.6 Å². The lowest BCUT2D eigenvalue weighted by molar-refractivity contribution is 0.185. The fraction of sp³-hybridized carbons (Fsp3) is 0.381. The lowest BCUT2D eigenvalue weighted by Crippen LogP contribution is -2.36. The lowest BCUT2D eigenvalue weighted by Gasteiger charge is -2.14. The number of benzene rings is 2. The molecule has 0 fully saturated rings. The van der Waals surface area contributed by atoms with Crippen LogP contribution in [-0.2, 0) is 24.4 Å². The van der Waals surface area contributed by atoms with Gasteiger partial charge in [0.05, 0.1) is 27.4 Å². The van der Waals surface area contributed by atoms with Gasteiger partial charge in [-0.25, -0.2) is 4.99 Å². The van der Waals surface area contributed by atoms with Gasteiger partial charge in [-0.1, -0.05) is 24.3 Å². The van der Waals surface area contributed by atoms with Gasteiger partial charge in [0.1, 0.15) is 11.5 Å². The third-order valence-electron chi connectivity index (χ3n) is 4.01. The molecule has 0 heterocycles. The molecule has 0 saturated carbocycles. The average Bonchev–Trinajstić information content (AvgIpc) is 2.70. The molecule has 0 bridgehead atoms. The SMILES string of the molecule is CCNC(=NCc1cccc(COC)c1)NCc1ccc(OC)cc1OC. The number of ether oxygens (including phenoxy) is 3. The van der Waals surface area contributed by atoms with Crippen LogP contribution in [0.1, 0.15) is 23.6 Å². The van der Waals surface area contributed by atoms with Gasteiger partial charge in [0.15, 0.2) is 5.96 Å². The summed E-state index contributed by atoms with van der Waals surface area (Å²) in [6.45, 7) is 4.63. The molecule has 2 rings (SSSR count). The maximum absolute atomic E-state index is 5.45. The molecule has 0 atom stereocenters. The largest absolute Gasteiger partial charge is 0.497 e. The van der Waals surface area contributed by atoms with Gasteiger partial charge in [0, 0.05) is 31.8 Å². The zero-order chi connectivity index (χ0) is 19.5. The quantitative estimate of drug-likeness (QED) is 0.524. The summed E-state index contributed by atoms with van der Waals surface area (Å²) in [5.74, 6) is 2.31. The molecule has 0 aromatic heterocycles. The van der Waals surface area contributed by atoms with Crippen molar-refractivity contribution in [3.63, 3.8) is 0 Å². The monoisotopic (exact) mass is 371 g/mol. The van der Waals surface area contributed by atoms with E-state index in [1.54, 1.807) is 21.3 Å². The number of nitrogens with one attached hydrogen (secondary N) is 2. The van der Waals surface area contributed by atoms with Crippen molar-refractivity contribution in [2.75, 3.05) is 27.9 Å². The van der Waals surface area contributed by atoms with E-state index < -0.39 is 0 Å². The number of guanidine groups is 1. The van der Waals surface area contributed by atoms with Crippen LogP contribution >= 0.6 is 0 Å². The van der Waals surface area contributed by atoms with E-state index in [0.717, 1.165) is 40.7 Å². The fourth-order valence-corrected chi connectivity index (χ4v) is 2.67. The van der Waals surface area contributed by atoms with E-state index in [9.17, 15) is 0 Å². The van der Waals surface area contributed by atoms with E-state index in [0.29, 0.717) is 19.7 Å². The van der Waals surface area contributed by atoms with Gasteiger partial charge < -0.3 is 24.8 Å². The van der Waals surface area contributed by atoms with Crippen LogP contribution in [-0.4, -0.2) is 33.8 Å². The molecule has 6 nitrogen and oxygen atoms in total. The maximum atomic E-state index is 5.45. The van der Waals surface area contributed by atoms with Crippen LogP contribution < -0.4 is 20.1 Å². The predicted octanol–water partition coefficient (Wildman–Crippen LogP) is 3.11. The van der Waals surface area contributed by atoms with Crippen molar-refractivity contribution >= 4 is 5.96 Å². The second-order valence-electron chi connectivity index (χ2n) is 5.98. The molecular formula is C21H29N3O3. The first-order chi connectivity index (χ1) is 13.2. The zero-order valence-electron chi connectivity index (χ0n) is 16.5. The average molecular weight is 371 g/mol. The van der Waals surface area contributed by atoms with E-state index in [-0.39, 0.29) is 0 Å². The maximum Gasteiger partial charge on any atom is 0.191 e. The highest BCUT2D eigenvalue weighted by atomic mass is 16.5. The Morgan fingerprint density at radius 2 is 1.78 bits per heavy atom. The van der Waals surface area contributed by atoms with Crippen LogP contribution in [0, 0.1) is 0 Å². The van der Waals surface area contributed by atoms with Crippen LogP contribution in [0.2, 0.25) is 0 Å². The highest BCUT2D eigenvalue weighted by molar-refractivity contribution is 5.79. The molecule has 2 aromatic rings. The second kappa shape index (κ2) is 11.1. The predicted molar refractivity (Wildman–Crippen MR) is 108 cm³/mol. The molecular weight excluding hydrogens is 342 g/mol.